The first-order valence-electron chi connectivity index (χ1n) is 8.92. The van der Waals surface area contributed by atoms with Gasteiger partial charge in [0, 0.05) is 50.8 Å². The second-order valence-corrected chi connectivity index (χ2v) is 8.37. The Labute approximate surface area is 147 Å². The molecule has 0 radical (unpaired) electrons. The van der Waals surface area contributed by atoms with E-state index in [1.54, 1.807) is 11.3 Å². The molecule has 0 bridgehead atoms. The van der Waals surface area contributed by atoms with Crippen LogP contribution < -0.4 is 4.90 Å². The molecular weight excluding hydrogens is 324 g/mol. The molecule has 0 aliphatic carbocycles. The van der Waals surface area contributed by atoms with Gasteiger partial charge in [0.1, 0.15) is 0 Å². The van der Waals surface area contributed by atoms with Gasteiger partial charge in [-0.3, -0.25) is 9.69 Å². The van der Waals surface area contributed by atoms with Crippen LogP contribution in [0, 0.1) is 5.41 Å². The van der Waals surface area contributed by atoms with Crippen molar-refractivity contribution in [3.8, 4) is 0 Å². The number of amides is 1. The van der Waals surface area contributed by atoms with E-state index in [0.717, 1.165) is 76.9 Å². The topological polar surface area (TPSA) is 48.9 Å². The predicted octanol–water partition coefficient (Wildman–Crippen LogP) is 1.42. The molecule has 3 aliphatic rings. The van der Waals surface area contributed by atoms with Crippen LogP contribution in [0.4, 0.5) is 5.13 Å². The van der Waals surface area contributed by atoms with E-state index in [0.29, 0.717) is 5.91 Å². The summed E-state index contributed by atoms with van der Waals surface area (Å²) < 4.78 is 5.41. The lowest BCUT2D eigenvalue weighted by Gasteiger charge is -2.37. The number of nitrogens with zero attached hydrogens (tertiary/aromatic N) is 4. The molecule has 1 atom stereocenters. The van der Waals surface area contributed by atoms with Crippen LogP contribution in [-0.2, 0) is 16.1 Å². The molecule has 0 aromatic carbocycles. The fraction of sp³-hybridized carbons (Fsp3) is 0.765. The first kappa shape index (κ1) is 16.3. The standard InChI is InChI=1S/C17H26N4O2S/c1-19-5-2-3-17(15(19)22)4-6-20(13-17)12-14-11-18-16(24-14)21-7-9-23-10-8-21/h11H,2-10,12-13H2,1H3/t17-/m1/s1. The van der Waals surface area contributed by atoms with Crippen LogP contribution in [-0.4, -0.2) is 73.7 Å². The van der Waals surface area contributed by atoms with Crippen LogP contribution in [0.25, 0.3) is 0 Å². The Morgan fingerprint density at radius 3 is 2.92 bits per heavy atom. The summed E-state index contributed by atoms with van der Waals surface area (Å²) in [7, 11) is 1.95. The molecule has 3 fully saturated rings. The third-order valence-electron chi connectivity index (χ3n) is 5.58. The summed E-state index contributed by atoms with van der Waals surface area (Å²) in [5.74, 6) is 0.356. The van der Waals surface area contributed by atoms with Crippen molar-refractivity contribution in [1.82, 2.24) is 14.8 Å². The van der Waals surface area contributed by atoms with Gasteiger partial charge < -0.3 is 14.5 Å². The van der Waals surface area contributed by atoms with E-state index in [1.165, 1.54) is 4.88 Å². The minimum Gasteiger partial charge on any atom is -0.378 e. The first-order chi connectivity index (χ1) is 11.7. The Kier molecular flexibility index (Phi) is 4.49. The maximum absolute atomic E-state index is 12.6. The Morgan fingerprint density at radius 2 is 2.08 bits per heavy atom. The van der Waals surface area contributed by atoms with Crippen LogP contribution in [0.15, 0.2) is 6.20 Å². The van der Waals surface area contributed by atoms with E-state index >= 15 is 0 Å². The summed E-state index contributed by atoms with van der Waals surface area (Å²) in [6.07, 6.45) is 5.20. The van der Waals surface area contributed by atoms with Gasteiger partial charge in [0.25, 0.3) is 0 Å². The fourth-order valence-corrected chi connectivity index (χ4v) is 5.24. The second-order valence-electron chi connectivity index (χ2n) is 7.28. The molecule has 1 amide bonds. The average Bonchev–Trinajstić information content (AvgIpc) is 3.22. The summed E-state index contributed by atoms with van der Waals surface area (Å²) in [6.45, 7) is 7.20. The van der Waals surface area contributed by atoms with E-state index in [-0.39, 0.29) is 5.41 Å². The number of carbonyl (C=O) groups is 1. The lowest BCUT2D eigenvalue weighted by Crippen LogP contribution is -2.48. The summed E-state index contributed by atoms with van der Waals surface area (Å²) in [4.78, 5) is 25.2. The molecule has 0 unspecified atom stereocenters. The van der Waals surface area contributed by atoms with Crippen molar-refractivity contribution in [2.75, 3.05) is 57.9 Å². The Balaban J connectivity index is 1.38. The fourth-order valence-electron chi connectivity index (χ4n) is 4.23. The van der Waals surface area contributed by atoms with Gasteiger partial charge >= 0.3 is 0 Å². The summed E-state index contributed by atoms with van der Waals surface area (Å²) in [5.41, 5.74) is -0.120. The highest BCUT2D eigenvalue weighted by atomic mass is 32.1. The number of likely N-dealkylation sites (tertiary alicyclic amines) is 2. The number of hydrogen-bond donors (Lipinski definition) is 0. The third-order valence-corrected chi connectivity index (χ3v) is 6.63. The van der Waals surface area contributed by atoms with Crippen molar-refractivity contribution in [3.05, 3.63) is 11.1 Å². The lowest BCUT2D eigenvalue weighted by atomic mass is 9.78. The number of aromatic nitrogens is 1. The van der Waals surface area contributed by atoms with Gasteiger partial charge in [-0.2, -0.15) is 0 Å². The number of rotatable bonds is 3. The van der Waals surface area contributed by atoms with Crippen LogP contribution in [0.1, 0.15) is 24.1 Å². The van der Waals surface area contributed by atoms with Crippen LogP contribution in [0.5, 0.6) is 0 Å². The molecular formula is C17H26N4O2S. The minimum atomic E-state index is -0.120. The van der Waals surface area contributed by atoms with E-state index in [4.69, 9.17) is 4.74 Å². The molecule has 4 rings (SSSR count). The zero-order chi connectivity index (χ0) is 16.6. The highest BCUT2D eigenvalue weighted by Gasteiger charge is 2.47. The Morgan fingerprint density at radius 1 is 1.25 bits per heavy atom. The van der Waals surface area contributed by atoms with Crippen molar-refractivity contribution in [3.63, 3.8) is 0 Å². The van der Waals surface area contributed by atoms with Gasteiger partial charge in [-0.1, -0.05) is 0 Å². The number of anilines is 1. The number of hydrogen-bond acceptors (Lipinski definition) is 6. The number of carbonyl (C=O) groups excluding carboxylic acids is 1. The molecule has 1 aromatic rings. The quantitative estimate of drug-likeness (QED) is 0.825. The number of morpholine rings is 1. The zero-order valence-electron chi connectivity index (χ0n) is 14.4. The molecule has 3 saturated heterocycles. The zero-order valence-corrected chi connectivity index (χ0v) is 15.2. The molecule has 1 aromatic heterocycles. The normalized spacial score (nSPS) is 29.0. The highest BCUT2D eigenvalue weighted by Crippen LogP contribution is 2.40. The smallest absolute Gasteiger partial charge is 0.229 e. The predicted molar refractivity (Wildman–Crippen MR) is 94.3 cm³/mol. The van der Waals surface area contributed by atoms with Gasteiger partial charge in [-0.05, 0) is 25.8 Å². The maximum atomic E-state index is 12.6. The highest BCUT2D eigenvalue weighted by molar-refractivity contribution is 7.15. The SMILES string of the molecule is CN1CCC[C@]2(CCN(Cc3cnc(N4CCOCC4)s3)C2)C1=O. The maximum Gasteiger partial charge on any atom is 0.229 e. The van der Waals surface area contributed by atoms with Crippen LogP contribution in [0.3, 0.4) is 0 Å². The van der Waals surface area contributed by atoms with E-state index in [2.05, 4.69) is 14.8 Å². The molecule has 0 N–H and O–H groups in total. The van der Waals surface area contributed by atoms with Crippen LogP contribution in [0.2, 0.25) is 0 Å². The molecule has 4 heterocycles. The minimum absolute atomic E-state index is 0.120. The molecule has 24 heavy (non-hydrogen) atoms. The molecule has 132 valence electrons. The molecule has 3 aliphatic heterocycles. The summed E-state index contributed by atoms with van der Waals surface area (Å²) >= 11 is 1.78. The van der Waals surface area contributed by atoms with Gasteiger partial charge in [0.2, 0.25) is 5.91 Å². The largest absolute Gasteiger partial charge is 0.378 e. The van der Waals surface area contributed by atoms with Crippen molar-refractivity contribution < 1.29 is 9.53 Å². The summed E-state index contributed by atoms with van der Waals surface area (Å²) in [6, 6.07) is 0. The van der Waals surface area contributed by atoms with Crippen molar-refractivity contribution >= 4 is 22.4 Å². The molecule has 6 nitrogen and oxygen atoms in total. The lowest BCUT2D eigenvalue weighted by molar-refractivity contribution is -0.143. The number of ether oxygens (including phenoxy) is 1. The van der Waals surface area contributed by atoms with Gasteiger partial charge in [-0.25, -0.2) is 4.98 Å². The number of thiazole rings is 1. The van der Waals surface area contributed by atoms with E-state index in [9.17, 15) is 4.79 Å². The van der Waals surface area contributed by atoms with Gasteiger partial charge in [-0.15, -0.1) is 11.3 Å². The first-order valence-corrected chi connectivity index (χ1v) is 9.73. The van der Waals surface area contributed by atoms with E-state index < -0.39 is 0 Å². The van der Waals surface area contributed by atoms with Crippen LogP contribution >= 0.6 is 11.3 Å². The van der Waals surface area contributed by atoms with Crippen molar-refractivity contribution in [2.24, 2.45) is 5.41 Å². The third kappa shape index (κ3) is 3.05. The average molecular weight is 350 g/mol. The second kappa shape index (κ2) is 6.61. The van der Waals surface area contributed by atoms with E-state index in [1.807, 2.05) is 18.1 Å². The monoisotopic (exact) mass is 350 g/mol. The summed E-state index contributed by atoms with van der Waals surface area (Å²) in [5, 5.41) is 1.11. The Hall–Kier alpha value is -1.18. The Bertz CT molecular complexity index is 601. The van der Waals surface area contributed by atoms with Gasteiger partial charge in [0.15, 0.2) is 5.13 Å². The van der Waals surface area contributed by atoms with Crippen molar-refractivity contribution in [2.45, 2.75) is 25.8 Å². The van der Waals surface area contributed by atoms with Crippen molar-refractivity contribution in [1.29, 1.82) is 0 Å². The molecule has 7 heteroatoms. The number of piperidine rings is 1. The molecule has 0 saturated carbocycles. The van der Waals surface area contributed by atoms with Gasteiger partial charge in [0.05, 0.1) is 18.6 Å². The molecule has 1 spiro atoms.